The molecule has 2 aromatic rings. The predicted molar refractivity (Wildman–Crippen MR) is 103 cm³/mol. The molecule has 3 rings (SSSR count). The van der Waals surface area contributed by atoms with Crippen LogP contribution in [0.25, 0.3) is 0 Å². The van der Waals surface area contributed by atoms with Gasteiger partial charge < -0.3 is 5.32 Å². The lowest BCUT2D eigenvalue weighted by Crippen LogP contribution is -2.25. The van der Waals surface area contributed by atoms with Crippen molar-refractivity contribution in [1.29, 1.82) is 0 Å². The highest BCUT2D eigenvalue weighted by Crippen LogP contribution is 2.18. The molecule has 0 saturated carbocycles. The highest BCUT2D eigenvalue weighted by Gasteiger charge is 2.15. The van der Waals surface area contributed by atoms with Crippen molar-refractivity contribution < 1.29 is 4.79 Å². The molecule has 1 amide bonds. The van der Waals surface area contributed by atoms with Crippen molar-refractivity contribution >= 4 is 5.91 Å². The predicted octanol–water partition coefficient (Wildman–Crippen LogP) is 4.14. The molecule has 0 atom stereocenters. The summed E-state index contributed by atoms with van der Waals surface area (Å²) in [5.74, 6) is 0.0107. The summed E-state index contributed by atoms with van der Waals surface area (Å²) in [6, 6.07) is 12.5. The highest BCUT2D eigenvalue weighted by atomic mass is 16.1. The molecule has 1 N–H and O–H groups in total. The molecule has 1 aliphatic heterocycles. The number of amides is 1. The lowest BCUT2D eigenvalue weighted by molar-refractivity contribution is 0.0950. The zero-order chi connectivity index (χ0) is 17.8. The van der Waals surface area contributed by atoms with E-state index in [4.69, 9.17) is 0 Å². The largest absolute Gasteiger partial charge is 0.348 e. The first kappa shape index (κ1) is 17.7. The van der Waals surface area contributed by atoms with Gasteiger partial charge in [-0.1, -0.05) is 30.3 Å². The van der Waals surface area contributed by atoms with Gasteiger partial charge in [-0.2, -0.15) is 0 Å². The van der Waals surface area contributed by atoms with E-state index >= 15 is 0 Å². The summed E-state index contributed by atoms with van der Waals surface area (Å²) in [6.07, 6.45) is 2.59. The van der Waals surface area contributed by atoms with Crippen LogP contribution < -0.4 is 5.32 Å². The number of nitrogens with one attached hydrogen (secondary N) is 1. The Bertz CT molecular complexity index is 761. The van der Waals surface area contributed by atoms with Crippen molar-refractivity contribution in [2.24, 2.45) is 0 Å². The van der Waals surface area contributed by atoms with Crippen molar-refractivity contribution in [2.45, 2.75) is 46.7 Å². The van der Waals surface area contributed by atoms with Crippen molar-refractivity contribution in [3.63, 3.8) is 0 Å². The molecule has 3 nitrogen and oxygen atoms in total. The summed E-state index contributed by atoms with van der Waals surface area (Å²) in [5, 5.41) is 3.11. The Hall–Kier alpha value is -2.13. The van der Waals surface area contributed by atoms with E-state index in [1.165, 1.54) is 42.6 Å². The maximum atomic E-state index is 12.6. The van der Waals surface area contributed by atoms with Crippen LogP contribution in [0.15, 0.2) is 36.4 Å². The molecular formula is C22H28N2O. The van der Waals surface area contributed by atoms with Crippen LogP contribution >= 0.6 is 0 Å². The van der Waals surface area contributed by atoms with E-state index in [1.807, 2.05) is 13.0 Å². The molecule has 0 aliphatic carbocycles. The van der Waals surface area contributed by atoms with Crippen molar-refractivity contribution in [3.8, 4) is 0 Å². The van der Waals surface area contributed by atoms with E-state index in [0.29, 0.717) is 6.54 Å². The highest BCUT2D eigenvalue weighted by molar-refractivity contribution is 5.95. The minimum atomic E-state index is 0.0107. The third-order valence-corrected chi connectivity index (χ3v) is 5.24. The fourth-order valence-corrected chi connectivity index (χ4v) is 3.54. The average Bonchev–Trinajstić information content (AvgIpc) is 3.10. The Morgan fingerprint density at radius 3 is 2.32 bits per heavy atom. The Morgan fingerprint density at radius 1 is 0.960 bits per heavy atom. The van der Waals surface area contributed by atoms with Crippen LogP contribution in [-0.4, -0.2) is 23.9 Å². The first-order valence-corrected chi connectivity index (χ1v) is 9.20. The number of likely N-dealkylation sites (tertiary alicyclic amines) is 1. The number of hydrogen-bond acceptors (Lipinski definition) is 2. The van der Waals surface area contributed by atoms with E-state index in [-0.39, 0.29) is 5.91 Å². The Balaban J connectivity index is 1.69. The van der Waals surface area contributed by atoms with Crippen molar-refractivity contribution in [1.82, 2.24) is 10.2 Å². The topological polar surface area (TPSA) is 32.3 Å². The summed E-state index contributed by atoms with van der Waals surface area (Å²) < 4.78 is 0. The average molecular weight is 336 g/mol. The molecule has 132 valence electrons. The minimum Gasteiger partial charge on any atom is -0.348 e. The molecule has 0 aromatic heterocycles. The second kappa shape index (κ2) is 7.83. The van der Waals surface area contributed by atoms with Crippen LogP contribution in [0.1, 0.15) is 51.0 Å². The number of rotatable bonds is 5. The molecule has 3 heteroatoms. The quantitative estimate of drug-likeness (QED) is 0.890. The number of aryl methyl sites for hydroxylation is 3. The standard InChI is InChI=1S/C22H28N2O/c1-16-12-18(3)21(13-17(16)2)22(25)23-14-19-8-4-5-9-20(19)15-24-10-6-7-11-24/h4-5,8-9,12-13H,6-7,10-11,14-15H2,1-3H3,(H,23,25). The number of hydrogen-bond donors (Lipinski definition) is 1. The Kier molecular flexibility index (Phi) is 5.54. The molecule has 0 radical (unpaired) electrons. The molecule has 2 aromatic carbocycles. The van der Waals surface area contributed by atoms with Crippen LogP contribution in [-0.2, 0) is 13.1 Å². The molecule has 1 aliphatic rings. The second-order valence-electron chi connectivity index (χ2n) is 7.19. The maximum absolute atomic E-state index is 12.6. The Morgan fingerprint density at radius 2 is 1.60 bits per heavy atom. The monoisotopic (exact) mass is 336 g/mol. The van der Waals surface area contributed by atoms with Gasteiger partial charge in [-0.3, -0.25) is 9.69 Å². The van der Waals surface area contributed by atoms with Crippen LogP contribution in [0.3, 0.4) is 0 Å². The normalized spacial score (nSPS) is 14.7. The molecule has 0 unspecified atom stereocenters. The van der Waals surface area contributed by atoms with Gasteiger partial charge in [0.15, 0.2) is 0 Å². The summed E-state index contributed by atoms with van der Waals surface area (Å²) in [4.78, 5) is 15.1. The fraction of sp³-hybridized carbons (Fsp3) is 0.409. The molecular weight excluding hydrogens is 308 g/mol. The zero-order valence-electron chi connectivity index (χ0n) is 15.6. The smallest absolute Gasteiger partial charge is 0.251 e. The third kappa shape index (κ3) is 4.29. The lowest BCUT2D eigenvalue weighted by Gasteiger charge is -2.18. The van der Waals surface area contributed by atoms with Crippen molar-refractivity contribution in [3.05, 3.63) is 69.8 Å². The van der Waals surface area contributed by atoms with Gasteiger partial charge in [0.1, 0.15) is 0 Å². The molecule has 0 bridgehead atoms. The van der Waals surface area contributed by atoms with Gasteiger partial charge in [0.05, 0.1) is 0 Å². The molecule has 25 heavy (non-hydrogen) atoms. The van der Waals surface area contributed by atoms with Gasteiger partial charge in [0.25, 0.3) is 5.91 Å². The lowest BCUT2D eigenvalue weighted by atomic mass is 10.00. The van der Waals surface area contributed by atoms with Crippen LogP contribution in [0.2, 0.25) is 0 Å². The van der Waals surface area contributed by atoms with Gasteiger partial charge in [0.2, 0.25) is 0 Å². The Labute approximate surface area is 151 Å². The molecule has 0 spiro atoms. The second-order valence-corrected chi connectivity index (χ2v) is 7.19. The number of nitrogens with zero attached hydrogens (tertiary/aromatic N) is 1. The van der Waals surface area contributed by atoms with E-state index in [1.54, 1.807) is 0 Å². The molecule has 1 heterocycles. The van der Waals surface area contributed by atoms with E-state index in [2.05, 4.69) is 54.4 Å². The van der Waals surface area contributed by atoms with Gasteiger partial charge in [-0.05, 0) is 80.6 Å². The van der Waals surface area contributed by atoms with E-state index in [9.17, 15) is 4.79 Å². The number of carbonyl (C=O) groups excluding carboxylic acids is 1. The van der Waals surface area contributed by atoms with Crippen LogP contribution in [0, 0.1) is 20.8 Å². The number of benzene rings is 2. The number of carbonyl (C=O) groups is 1. The van der Waals surface area contributed by atoms with E-state index in [0.717, 1.165) is 23.2 Å². The van der Waals surface area contributed by atoms with Crippen LogP contribution in [0.5, 0.6) is 0 Å². The van der Waals surface area contributed by atoms with Gasteiger partial charge >= 0.3 is 0 Å². The zero-order valence-corrected chi connectivity index (χ0v) is 15.6. The van der Waals surface area contributed by atoms with E-state index < -0.39 is 0 Å². The minimum absolute atomic E-state index is 0.0107. The fourth-order valence-electron chi connectivity index (χ4n) is 3.54. The first-order chi connectivity index (χ1) is 12.0. The van der Waals surface area contributed by atoms with Gasteiger partial charge in [-0.15, -0.1) is 0 Å². The van der Waals surface area contributed by atoms with Crippen molar-refractivity contribution in [2.75, 3.05) is 13.1 Å². The first-order valence-electron chi connectivity index (χ1n) is 9.20. The molecule has 1 saturated heterocycles. The third-order valence-electron chi connectivity index (χ3n) is 5.24. The summed E-state index contributed by atoms with van der Waals surface area (Å²) in [5.41, 5.74) is 6.73. The van der Waals surface area contributed by atoms with Gasteiger partial charge in [0, 0.05) is 18.7 Å². The SMILES string of the molecule is Cc1cc(C)c(C(=O)NCc2ccccc2CN2CCCC2)cc1C. The van der Waals surface area contributed by atoms with Crippen LogP contribution in [0.4, 0.5) is 0 Å². The summed E-state index contributed by atoms with van der Waals surface area (Å²) >= 11 is 0. The summed E-state index contributed by atoms with van der Waals surface area (Å²) in [6.45, 7) is 10.1. The molecule has 1 fully saturated rings. The van der Waals surface area contributed by atoms with Gasteiger partial charge in [-0.25, -0.2) is 0 Å². The summed E-state index contributed by atoms with van der Waals surface area (Å²) in [7, 11) is 0. The maximum Gasteiger partial charge on any atom is 0.251 e.